The minimum atomic E-state index is -0.837. The van der Waals surface area contributed by atoms with Crippen molar-refractivity contribution in [2.24, 2.45) is 0 Å². The van der Waals surface area contributed by atoms with Gasteiger partial charge in [-0.25, -0.2) is 0 Å². The molecule has 1 saturated heterocycles. The lowest BCUT2D eigenvalue weighted by molar-refractivity contribution is 0.00594. The number of hydrogen-bond acceptors (Lipinski definition) is 2. The number of aliphatic hydroxyl groups is 1. The van der Waals surface area contributed by atoms with Crippen molar-refractivity contribution in [2.75, 3.05) is 13.1 Å². The molecule has 0 aromatic heterocycles. The number of hydrogen-bond donors (Lipinski definition) is 2. The van der Waals surface area contributed by atoms with Gasteiger partial charge < -0.3 is 10.4 Å². The molecular weight excluding hydrogens is 368 g/mol. The lowest BCUT2D eigenvalue weighted by Gasteiger charge is -2.41. The van der Waals surface area contributed by atoms with Crippen molar-refractivity contribution in [3.63, 3.8) is 0 Å². The third-order valence-corrected chi connectivity index (χ3v) is 6.08. The molecule has 0 amide bonds. The first-order chi connectivity index (χ1) is 15.0. The Labute approximate surface area is 212 Å². The van der Waals surface area contributed by atoms with E-state index in [4.69, 9.17) is 77.4 Å². The molecule has 2 nitrogen and oxygen atoms in total. The quantitative estimate of drug-likeness (QED) is 0.417. The summed E-state index contributed by atoms with van der Waals surface area (Å²) in [5.74, 6) is 0. The molecule has 21 radical (unpaired) electrons. The van der Waals surface area contributed by atoms with E-state index in [1.807, 2.05) is 30.3 Å². The first-order valence-electron chi connectivity index (χ1n) is 10.8. The Morgan fingerprint density at radius 3 is 1.47 bits per heavy atom. The van der Waals surface area contributed by atoms with Gasteiger partial charge in [-0.15, -0.1) is 0 Å². The third-order valence-electron chi connectivity index (χ3n) is 6.08. The van der Waals surface area contributed by atoms with Gasteiger partial charge >= 0.3 is 0 Å². The Kier molecular flexibility index (Phi) is 14.0. The minimum Gasteiger partial charge on any atom is -0.385 e. The SMILES string of the molecule is OC1(c2ccccc2)CCNCC1.[B][B]B([B])B(B(B([B])[B])B([B])[B])B(B([B])[B])B([B])[B]. The third kappa shape index (κ3) is 8.86. The minimum absolute atomic E-state index is 0.537. The fourth-order valence-corrected chi connectivity index (χ4v) is 4.32. The van der Waals surface area contributed by atoms with Gasteiger partial charge in [0.05, 0.1) is 5.60 Å². The van der Waals surface area contributed by atoms with Gasteiger partial charge in [-0.3, -0.25) is 0 Å². The van der Waals surface area contributed by atoms with Crippen molar-refractivity contribution in [1.29, 1.82) is 0 Å². The van der Waals surface area contributed by atoms with E-state index in [1.165, 1.54) is 7.06 Å². The smallest absolute Gasteiger partial charge is 0.0920 e. The van der Waals surface area contributed by atoms with Crippen LogP contribution in [0.2, 0.25) is 0 Å². The summed E-state index contributed by atoms with van der Waals surface area (Å²) in [7, 11) is 58.4. The normalized spacial score (nSPS) is 14.0. The summed E-state index contributed by atoms with van der Waals surface area (Å²) in [6, 6.07) is 9.95. The van der Waals surface area contributed by atoms with Crippen molar-refractivity contribution >= 4 is 136 Å². The van der Waals surface area contributed by atoms with E-state index in [9.17, 15) is 5.11 Å². The average Bonchev–Trinajstić information content (AvgIpc) is 2.73. The van der Waals surface area contributed by atoms with E-state index >= 15 is 0 Å². The van der Waals surface area contributed by atoms with Crippen LogP contribution in [0.15, 0.2) is 30.3 Å². The Hall–Kier alpha value is 0.374. The van der Waals surface area contributed by atoms with Gasteiger partial charge in [0.1, 0.15) is 0 Å². The van der Waals surface area contributed by atoms with Crippen molar-refractivity contribution < 1.29 is 5.11 Å². The highest BCUT2D eigenvalue weighted by Gasteiger charge is 2.42. The molecule has 0 aliphatic carbocycles. The summed E-state index contributed by atoms with van der Waals surface area (Å²) in [5, 5.41) is 13.6. The van der Waals surface area contributed by atoms with Gasteiger partial charge in [-0.2, -0.15) is 0 Å². The molecule has 1 fully saturated rings. The number of benzene rings is 1. The number of nitrogens with one attached hydrogen (secondary N) is 1. The second-order valence-corrected chi connectivity index (χ2v) is 8.46. The summed E-state index contributed by atoms with van der Waals surface area (Å²) in [4.78, 5) is 0. The van der Waals surface area contributed by atoms with Crippen molar-refractivity contribution in [3.05, 3.63) is 35.9 Å². The highest BCUT2D eigenvalue weighted by atomic mass is 16.3. The fourth-order valence-electron chi connectivity index (χ4n) is 4.32. The van der Waals surface area contributed by atoms with E-state index in [0.29, 0.717) is 0 Å². The Morgan fingerprint density at radius 2 is 1.12 bits per heavy atom. The van der Waals surface area contributed by atoms with Gasteiger partial charge in [-0.05, 0) is 31.5 Å². The Bertz CT molecular complexity index is 593. The lowest BCUT2D eigenvalue weighted by Crippen LogP contribution is -2.79. The van der Waals surface area contributed by atoms with Crippen LogP contribution in [0.3, 0.4) is 0 Å². The summed E-state index contributed by atoms with van der Waals surface area (Å²) in [5.41, 5.74) is 0.462. The Balaban J connectivity index is 0.000000339. The van der Waals surface area contributed by atoms with Crippen LogP contribution in [0, 0.1) is 0 Å². The summed E-state index contributed by atoms with van der Waals surface area (Å²) >= 11 is 0. The summed E-state index contributed by atoms with van der Waals surface area (Å²) < 4.78 is 0. The van der Waals surface area contributed by atoms with Gasteiger partial charge in [-0.1, -0.05) is 30.3 Å². The molecular formula is C11H15B19NO. The van der Waals surface area contributed by atoms with Crippen LogP contribution in [0.25, 0.3) is 0 Å². The lowest BCUT2D eigenvalue weighted by atomic mass is 8.40. The van der Waals surface area contributed by atoms with Crippen LogP contribution in [0.1, 0.15) is 18.4 Å². The van der Waals surface area contributed by atoms with Crippen molar-refractivity contribution in [3.8, 4) is 0 Å². The maximum absolute atomic E-state index is 10.3. The standard InChI is InChI=1S/C11H15NO.B19/c13-11(6-8-12-9-7-11)10-4-2-1-3-5-10;1-11-16(10)19(17(12(2)3)13(4)5)18(14(6)7)15(8)9/h1-5,12-13H,6-9H2;. The molecule has 127 valence electrons. The largest absolute Gasteiger partial charge is 0.385 e. The first kappa shape index (κ1) is 30.4. The van der Waals surface area contributed by atoms with E-state index in [2.05, 4.69) is 5.32 Å². The van der Waals surface area contributed by atoms with Crippen LogP contribution < -0.4 is 5.32 Å². The predicted octanol–water partition coefficient (Wildman–Crippen LogP) is -5.98. The molecule has 32 heavy (non-hydrogen) atoms. The zero-order valence-corrected chi connectivity index (χ0v) is 18.6. The zero-order chi connectivity index (χ0) is 24.5. The van der Waals surface area contributed by atoms with Crippen LogP contribution >= 0.6 is 0 Å². The second-order valence-electron chi connectivity index (χ2n) is 8.46. The summed E-state index contributed by atoms with van der Waals surface area (Å²) in [6.07, 6.45) is -4.09. The second kappa shape index (κ2) is 14.7. The fraction of sp³-hybridized carbons (Fsp3) is 0.455. The maximum atomic E-state index is 10.3. The highest BCUT2D eigenvalue weighted by molar-refractivity contribution is 8.18. The average molecular weight is 383 g/mol. The van der Waals surface area contributed by atoms with Gasteiger partial charge in [0.15, 0.2) is 0 Å². The molecule has 21 heteroatoms. The molecule has 2 N–H and O–H groups in total. The molecule has 1 aromatic rings. The molecule has 1 heterocycles. The summed E-state index contributed by atoms with van der Waals surface area (Å²) in [6.45, 7) is 1.82. The first-order valence-corrected chi connectivity index (χ1v) is 10.8. The molecule has 1 aliphatic rings. The van der Waals surface area contributed by atoms with Crippen LogP contribution in [0.5, 0.6) is 0 Å². The van der Waals surface area contributed by atoms with E-state index < -0.39 is 56.7 Å². The molecule has 0 saturated carbocycles. The number of rotatable bonds is 9. The van der Waals surface area contributed by atoms with Gasteiger partial charge in [0.2, 0.25) is 0 Å². The van der Waals surface area contributed by atoms with Gasteiger partial charge in [0, 0.05) is 136 Å². The molecule has 0 atom stereocenters. The molecule has 2 rings (SSSR count). The van der Waals surface area contributed by atoms with Crippen molar-refractivity contribution in [1.82, 2.24) is 5.32 Å². The predicted molar refractivity (Wildman–Crippen MR) is 162 cm³/mol. The highest BCUT2D eigenvalue weighted by Crippen LogP contribution is 2.29. The maximum Gasteiger partial charge on any atom is 0.0920 e. The number of piperidine rings is 1. The zero-order valence-electron chi connectivity index (χ0n) is 18.6. The molecule has 0 spiro atoms. The van der Waals surface area contributed by atoms with Gasteiger partial charge in [0.25, 0.3) is 0 Å². The molecule has 0 unspecified atom stereocenters. The topological polar surface area (TPSA) is 32.3 Å². The van der Waals surface area contributed by atoms with Crippen molar-refractivity contribution in [2.45, 2.75) is 18.4 Å². The van der Waals surface area contributed by atoms with E-state index in [1.54, 1.807) is 0 Å². The van der Waals surface area contributed by atoms with Crippen LogP contribution in [0.4, 0.5) is 0 Å². The van der Waals surface area contributed by atoms with E-state index in [-0.39, 0.29) is 0 Å². The van der Waals surface area contributed by atoms with Crippen LogP contribution in [-0.4, -0.2) is 154 Å². The Morgan fingerprint density at radius 1 is 0.719 bits per heavy atom. The van der Waals surface area contributed by atoms with E-state index in [0.717, 1.165) is 31.5 Å². The molecule has 1 aromatic carbocycles. The molecule has 0 bridgehead atoms. The van der Waals surface area contributed by atoms with Crippen LogP contribution in [-0.2, 0) is 5.60 Å². The molecule has 1 aliphatic heterocycles. The monoisotopic (exact) mass is 386 g/mol.